The van der Waals surface area contributed by atoms with Crippen molar-refractivity contribution in [3.05, 3.63) is 59.7 Å². The second-order valence-corrected chi connectivity index (χ2v) is 9.11. The zero-order valence-electron chi connectivity index (χ0n) is 15.8. The third-order valence-electron chi connectivity index (χ3n) is 6.33. The Balaban J connectivity index is 0.00000196. The number of piperidine rings is 1. The summed E-state index contributed by atoms with van der Waals surface area (Å²) in [6, 6.07) is 18.0. The number of rotatable bonds is 6. The first kappa shape index (κ1) is 19.6. The van der Waals surface area contributed by atoms with Crippen molar-refractivity contribution in [1.29, 1.82) is 0 Å². The van der Waals surface area contributed by atoms with Gasteiger partial charge in [-0.2, -0.15) is 0 Å². The second-order valence-electron chi connectivity index (χ2n) is 8.23. The molecule has 0 amide bonds. The standard InChI is InChI=1S/C22H28N2S.ClH/c1-4-21(2,3)16-7-11-20(12-8-16)25-24-19-9-5-17(6-10-19)22-13-18(22)14-23-15-22;/h5-12,18,23-24H,4,13-15H2,1-3H3;1H/t18-,22+;/m1./s1. The molecule has 0 aromatic heterocycles. The van der Waals surface area contributed by atoms with Gasteiger partial charge in [-0.3, -0.25) is 0 Å². The maximum absolute atomic E-state index is 3.52. The van der Waals surface area contributed by atoms with Crippen LogP contribution in [0.5, 0.6) is 0 Å². The average Bonchev–Trinajstić information content (AvgIpc) is 3.21. The molecule has 26 heavy (non-hydrogen) atoms. The van der Waals surface area contributed by atoms with Crippen LogP contribution in [0, 0.1) is 5.92 Å². The molecule has 2 atom stereocenters. The van der Waals surface area contributed by atoms with Gasteiger partial charge in [0.1, 0.15) is 0 Å². The molecular weight excluding hydrogens is 360 g/mol. The van der Waals surface area contributed by atoms with Crippen molar-refractivity contribution in [2.45, 2.75) is 49.3 Å². The van der Waals surface area contributed by atoms with E-state index in [1.807, 2.05) is 0 Å². The molecule has 2 fully saturated rings. The lowest BCUT2D eigenvalue weighted by molar-refractivity contribution is 0.506. The number of benzene rings is 2. The van der Waals surface area contributed by atoms with E-state index in [2.05, 4.69) is 79.3 Å². The Bertz CT molecular complexity index is 742. The monoisotopic (exact) mass is 388 g/mol. The van der Waals surface area contributed by atoms with E-state index in [9.17, 15) is 0 Å². The van der Waals surface area contributed by atoms with E-state index in [1.54, 1.807) is 11.9 Å². The van der Waals surface area contributed by atoms with E-state index in [0.29, 0.717) is 5.41 Å². The van der Waals surface area contributed by atoms with E-state index in [1.165, 1.54) is 34.7 Å². The molecule has 1 heterocycles. The van der Waals surface area contributed by atoms with E-state index >= 15 is 0 Å². The number of hydrogen-bond donors (Lipinski definition) is 2. The van der Waals surface area contributed by atoms with Crippen molar-refractivity contribution in [3.63, 3.8) is 0 Å². The molecule has 4 rings (SSSR count). The minimum Gasteiger partial charge on any atom is -0.326 e. The quantitative estimate of drug-likeness (QED) is 0.613. The lowest BCUT2D eigenvalue weighted by Crippen LogP contribution is -2.19. The van der Waals surface area contributed by atoms with Crippen LogP contribution in [0.2, 0.25) is 0 Å². The highest BCUT2D eigenvalue weighted by atomic mass is 35.5. The summed E-state index contributed by atoms with van der Waals surface area (Å²) in [6.45, 7) is 9.21. The summed E-state index contributed by atoms with van der Waals surface area (Å²) in [6.07, 6.45) is 2.52. The predicted molar refractivity (Wildman–Crippen MR) is 116 cm³/mol. The third-order valence-corrected chi connectivity index (χ3v) is 7.18. The Morgan fingerprint density at radius 1 is 1.12 bits per heavy atom. The molecule has 140 valence electrons. The summed E-state index contributed by atoms with van der Waals surface area (Å²) >= 11 is 1.69. The molecule has 2 aromatic rings. The summed E-state index contributed by atoms with van der Waals surface area (Å²) in [5, 5.41) is 3.52. The number of nitrogens with one attached hydrogen (secondary N) is 2. The summed E-state index contributed by atoms with van der Waals surface area (Å²) in [4.78, 5) is 1.25. The summed E-state index contributed by atoms with van der Waals surface area (Å²) < 4.78 is 3.48. The number of anilines is 1. The molecule has 2 N–H and O–H groups in total. The number of hydrogen-bond acceptors (Lipinski definition) is 3. The Hall–Kier alpha value is -1.16. The van der Waals surface area contributed by atoms with Gasteiger partial charge >= 0.3 is 0 Å². The molecule has 0 bridgehead atoms. The highest BCUT2D eigenvalue weighted by Gasteiger charge is 2.57. The van der Waals surface area contributed by atoms with Gasteiger partial charge in [-0.15, -0.1) is 12.4 Å². The van der Waals surface area contributed by atoms with Crippen LogP contribution < -0.4 is 10.0 Å². The van der Waals surface area contributed by atoms with E-state index < -0.39 is 0 Å². The fourth-order valence-electron chi connectivity index (χ4n) is 3.96. The lowest BCUT2D eigenvalue weighted by atomic mass is 9.82. The first-order chi connectivity index (χ1) is 12.0. The van der Waals surface area contributed by atoms with Crippen LogP contribution in [0.15, 0.2) is 53.4 Å². The number of halogens is 1. The van der Waals surface area contributed by atoms with E-state index in [-0.39, 0.29) is 17.8 Å². The van der Waals surface area contributed by atoms with Crippen LogP contribution in [0.1, 0.15) is 44.7 Å². The van der Waals surface area contributed by atoms with Gasteiger partial charge in [-0.25, -0.2) is 0 Å². The highest BCUT2D eigenvalue weighted by Crippen LogP contribution is 2.56. The molecule has 0 spiro atoms. The second kappa shape index (κ2) is 7.46. The molecule has 1 saturated heterocycles. The van der Waals surface area contributed by atoms with Crippen molar-refractivity contribution in [3.8, 4) is 0 Å². The first-order valence-corrected chi connectivity index (χ1v) is 10.2. The van der Waals surface area contributed by atoms with Crippen LogP contribution >= 0.6 is 24.4 Å². The van der Waals surface area contributed by atoms with Gasteiger partial charge in [-0.1, -0.05) is 45.0 Å². The predicted octanol–water partition coefficient (Wildman–Crippen LogP) is 5.78. The van der Waals surface area contributed by atoms with Crippen LogP contribution in [0.25, 0.3) is 0 Å². The maximum atomic E-state index is 3.52. The van der Waals surface area contributed by atoms with Crippen molar-refractivity contribution in [2.24, 2.45) is 5.92 Å². The van der Waals surface area contributed by atoms with Gasteiger partial charge in [-0.05, 0) is 78.1 Å². The zero-order chi connectivity index (χ0) is 17.5. The van der Waals surface area contributed by atoms with Gasteiger partial charge < -0.3 is 10.0 Å². The van der Waals surface area contributed by atoms with Crippen molar-refractivity contribution >= 4 is 30.0 Å². The molecule has 1 saturated carbocycles. The summed E-state index contributed by atoms with van der Waals surface area (Å²) in [5.74, 6) is 0.867. The molecule has 4 heteroatoms. The van der Waals surface area contributed by atoms with Gasteiger partial charge in [0.2, 0.25) is 0 Å². The molecule has 1 aliphatic heterocycles. The van der Waals surface area contributed by atoms with Gasteiger partial charge in [0.05, 0.1) is 0 Å². The smallest absolute Gasteiger partial charge is 0.0443 e. The Labute approximate surface area is 168 Å². The fraction of sp³-hybridized carbons (Fsp3) is 0.455. The minimum absolute atomic E-state index is 0. The molecule has 1 aliphatic carbocycles. The summed E-state index contributed by atoms with van der Waals surface area (Å²) in [5.41, 5.74) is 4.79. The highest BCUT2D eigenvalue weighted by molar-refractivity contribution is 8.00. The van der Waals surface area contributed by atoms with Crippen molar-refractivity contribution < 1.29 is 0 Å². The minimum atomic E-state index is 0. The topological polar surface area (TPSA) is 24.1 Å². The van der Waals surface area contributed by atoms with Gasteiger partial charge in [0.25, 0.3) is 0 Å². The first-order valence-electron chi connectivity index (χ1n) is 9.38. The maximum Gasteiger partial charge on any atom is 0.0443 e. The normalized spacial score (nSPS) is 23.9. The molecule has 2 aromatic carbocycles. The van der Waals surface area contributed by atoms with Gasteiger partial charge in [0, 0.05) is 22.5 Å². The van der Waals surface area contributed by atoms with E-state index in [0.717, 1.165) is 18.9 Å². The summed E-state index contributed by atoms with van der Waals surface area (Å²) in [7, 11) is 0. The van der Waals surface area contributed by atoms with Crippen LogP contribution in [0.4, 0.5) is 5.69 Å². The van der Waals surface area contributed by atoms with Crippen LogP contribution in [0.3, 0.4) is 0 Å². The molecular formula is C22H29ClN2S. The Morgan fingerprint density at radius 2 is 1.81 bits per heavy atom. The number of fused-ring (bicyclic) bond motifs is 1. The van der Waals surface area contributed by atoms with Crippen molar-refractivity contribution in [1.82, 2.24) is 5.32 Å². The largest absolute Gasteiger partial charge is 0.326 e. The molecule has 0 radical (unpaired) electrons. The average molecular weight is 389 g/mol. The molecule has 0 unspecified atom stereocenters. The fourth-order valence-corrected chi connectivity index (χ4v) is 4.60. The van der Waals surface area contributed by atoms with Crippen LogP contribution in [-0.2, 0) is 10.8 Å². The van der Waals surface area contributed by atoms with Crippen molar-refractivity contribution in [2.75, 3.05) is 17.8 Å². The SMILES string of the molecule is CCC(C)(C)c1ccc(SNc2ccc([C@]34CNC[C@H]3C4)cc2)cc1.Cl. The Morgan fingerprint density at radius 3 is 2.35 bits per heavy atom. The third kappa shape index (κ3) is 3.62. The molecule has 2 aliphatic rings. The lowest BCUT2D eigenvalue weighted by Gasteiger charge is -2.23. The zero-order valence-corrected chi connectivity index (χ0v) is 17.5. The van der Waals surface area contributed by atoms with E-state index in [4.69, 9.17) is 0 Å². The molecule has 2 nitrogen and oxygen atoms in total. The van der Waals surface area contributed by atoms with Gasteiger partial charge in [0.15, 0.2) is 0 Å². The van der Waals surface area contributed by atoms with Crippen LogP contribution in [-0.4, -0.2) is 13.1 Å². The Kier molecular flexibility index (Phi) is 5.62.